The third-order valence-electron chi connectivity index (χ3n) is 3.46. The van der Waals surface area contributed by atoms with Crippen LogP contribution >= 0.6 is 11.3 Å². The van der Waals surface area contributed by atoms with E-state index in [-0.39, 0.29) is 18.2 Å². The molecule has 1 aromatic rings. The molecule has 1 saturated heterocycles. The summed E-state index contributed by atoms with van der Waals surface area (Å²) in [7, 11) is 0. The van der Waals surface area contributed by atoms with Gasteiger partial charge >= 0.3 is 5.97 Å². The number of thiazole rings is 1. The van der Waals surface area contributed by atoms with Crippen molar-refractivity contribution in [1.29, 1.82) is 0 Å². The maximum Gasteiger partial charge on any atom is 0.303 e. The third kappa shape index (κ3) is 3.32. The van der Waals surface area contributed by atoms with Crippen LogP contribution in [0.25, 0.3) is 0 Å². The van der Waals surface area contributed by atoms with Crippen LogP contribution in [-0.4, -0.2) is 40.0 Å². The molecule has 2 rings (SSSR count). The number of hydrogen-bond donors (Lipinski definition) is 1. The number of likely N-dealkylation sites (tertiary alicyclic amines) is 1. The van der Waals surface area contributed by atoms with Crippen LogP contribution < -0.4 is 0 Å². The number of hydrogen-bond acceptors (Lipinski definition) is 4. The SMILES string of the molecule is Cc1nc(C)c(C(=O)N2CCC(CC(=O)O)CC2)s1. The Bertz CT molecular complexity index is 490. The summed E-state index contributed by atoms with van der Waals surface area (Å²) in [5, 5.41) is 9.68. The number of piperidine rings is 1. The van der Waals surface area contributed by atoms with Gasteiger partial charge in [0.15, 0.2) is 0 Å². The monoisotopic (exact) mass is 282 g/mol. The van der Waals surface area contributed by atoms with Crippen molar-refractivity contribution in [2.45, 2.75) is 33.1 Å². The predicted molar refractivity (Wildman–Crippen MR) is 72.5 cm³/mol. The van der Waals surface area contributed by atoms with Crippen molar-refractivity contribution in [1.82, 2.24) is 9.88 Å². The highest BCUT2D eigenvalue weighted by atomic mass is 32.1. The molecule has 1 aromatic heterocycles. The lowest BCUT2D eigenvalue weighted by molar-refractivity contribution is -0.138. The van der Waals surface area contributed by atoms with Crippen molar-refractivity contribution >= 4 is 23.2 Å². The molecule has 0 spiro atoms. The fourth-order valence-corrected chi connectivity index (χ4v) is 3.35. The Labute approximate surface area is 116 Å². The van der Waals surface area contributed by atoms with E-state index in [1.54, 1.807) is 0 Å². The molecule has 1 fully saturated rings. The molecule has 1 amide bonds. The number of carbonyl (C=O) groups is 2. The van der Waals surface area contributed by atoms with Crippen LogP contribution in [0.4, 0.5) is 0 Å². The summed E-state index contributed by atoms with van der Waals surface area (Å²) in [6.45, 7) is 5.04. The fraction of sp³-hybridized carbons (Fsp3) is 0.615. The number of carboxylic acids is 1. The van der Waals surface area contributed by atoms with Crippen molar-refractivity contribution in [3.63, 3.8) is 0 Å². The van der Waals surface area contributed by atoms with Gasteiger partial charge in [0.1, 0.15) is 4.88 Å². The van der Waals surface area contributed by atoms with Gasteiger partial charge in [0.05, 0.1) is 10.7 Å². The maximum absolute atomic E-state index is 12.3. The van der Waals surface area contributed by atoms with Gasteiger partial charge in [-0.05, 0) is 32.6 Å². The van der Waals surface area contributed by atoms with Crippen molar-refractivity contribution in [2.24, 2.45) is 5.92 Å². The first kappa shape index (κ1) is 14.0. The molecule has 0 bridgehead atoms. The Morgan fingerprint density at radius 1 is 1.37 bits per heavy atom. The minimum atomic E-state index is -0.751. The van der Waals surface area contributed by atoms with Gasteiger partial charge in [0, 0.05) is 19.5 Å². The van der Waals surface area contributed by atoms with Crippen LogP contribution in [0.5, 0.6) is 0 Å². The Hall–Kier alpha value is -1.43. The molecule has 1 N–H and O–H groups in total. The molecule has 2 heterocycles. The van der Waals surface area contributed by atoms with Crippen LogP contribution in [-0.2, 0) is 4.79 Å². The zero-order valence-electron chi connectivity index (χ0n) is 11.2. The number of aromatic nitrogens is 1. The second-order valence-electron chi connectivity index (χ2n) is 4.98. The highest BCUT2D eigenvalue weighted by molar-refractivity contribution is 7.13. The number of carboxylic acid groups (broad SMARTS) is 1. The predicted octanol–water partition coefficient (Wildman–Crippen LogP) is 2.09. The van der Waals surface area contributed by atoms with E-state index < -0.39 is 5.97 Å². The van der Waals surface area contributed by atoms with Gasteiger partial charge in [-0.1, -0.05) is 0 Å². The summed E-state index contributed by atoms with van der Waals surface area (Å²) in [6, 6.07) is 0. The summed E-state index contributed by atoms with van der Waals surface area (Å²) in [4.78, 5) is 29.8. The number of aliphatic carboxylic acids is 1. The van der Waals surface area contributed by atoms with Gasteiger partial charge in [-0.25, -0.2) is 4.98 Å². The average Bonchev–Trinajstić information content (AvgIpc) is 2.68. The molecule has 19 heavy (non-hydrogen) atoms. The highest BCUT2D eigenvalue weighted by Crippen LogP contribution is 2.24. The molecule has 1 aliphatic heterocycles. The number of carbonyl (C=O) groups excluding carboxylic acids is 1. The van der Waals surface area contributed by atoms with E-state index in [2.05, 4.69) is 4.98 Å². The molecule has 0 radical (unpaired) electrons. The number of nitrogens with zero attached hydrogens (tertiary/aromatic N) is 2. The van der Waals surface area contributed by atoms with Gasteiger partial charge < -0.3 is 10.0 Å². The maximum atomic E-state index is 12.3. The fourth-order valence-electron chi connectivity index (χ4n) is 2.46. The van der Waals surface area contributed by atoms with Crippen LogP contribution in [0.1, 0.15) is 39.6 Å². The van der Waals surface area contributed by atoms with E-state index in [1.807, 2.05) is 18.7 Å². The molecule has 104 valence electrons. The molecular formula is C13H18N2O3S. The third-order valence-corrected chi connectivity index (χ3v) is 4.52. The standard InChI is InChI=1S/C13H18N2O3S/c1-8-12(19-9(2)14-8)13(18)15-5-3-10(4-6-15)7-11(16)17/h10H,3-7H2,1-2H3,(H,16,17). The Kier molecular flexibility index (Phi) is 4.19. The molecular weight excluding hydrogens is 264 g/mol. The van der Waals surface area contributed by atoms with E-state index in [9.17, 15) is 9.59 Å². The summed E-state index contributed by atoms with van der Waals surface area (Å²) in [6.07, 6.45) is 1.75. The highest BCUT2D eigenvalue weighted by Gasteiger charge is 2.26. The van der Waals surface area contributed by atoms with E-state index in [0.717, 1.165) is 23.5 Å². The van der Waals surface area contributed by atoms with E-state index in [1.165, 1.54) is 11.3 Å². The Morgan fingerprint density at radius 3 is 2.47 bits per heavy atom. The second-order valence-corrected chi connectivity index (χ2v) is 6.18. The van der Waals surface area contributed by atoms with Gasteiger partial charge in [-0.15, -0.1) is 11.3 Å². The number of rotatable bonds is 3. The Balaban J connectivity index is 1.96. The van der Waals surface area contributed by atoms with E-state index in [0.29, 0.717) is 18.0 Å². The Morgan fingerprint density at radius 2 is 2.00 bits per heavy atom. The normalized spacial score (nSPS) is 16.6. The van der Waals surface area contributed by atoms with Crippen molar-refractivity contribution in [3.05, 3.63) is 15.6 Å². The van der Waals surface area contributed by atoms with Gasteiger partial charge in [0.2, 0.25) is 0 Å². The summed E-state index contributed by atoms with van der Waals surface area (Å²) < 4.78 is 0. The number of aryl methyl sites for hydroxylation is 2. The molecule has 0 atom stereocenters. The summed E-state index contributed by atoms with van der Waals surface area (Å²) in [5.74, 6) is -0.513. The quantitative estimate of drug-likeness (QED) is 0.921. The van der Waals surface area contributed by atoms with Crippen molar-refractivity contribution in [2.75, 3.05) is 13.1 Å². The lowest BCUT2D eigenvalue weighted by atomic mass is 9.93. The van der Waals surface area contributed by atoms with Gasteiger partial charge in [-0.2, -0.15) is 0 Å². The summed E-state index contributed by atoms with van der Waals surface area (Å²) in [5.41, 5.74) is 0.792. The second kappa shape index (κ2) is 5.69. The topological polar surface area (TPSA) is 70.5 Å². The van der Waals surface area contributed by atoms with Gasteiger partial charge in [0.25, 0.3) is 5.91 Å². The lowest BCUT2D eigenvalue weighted by Gasteiger charge is -2.31. The molecule has 0 aliphatic carbocycles. The van der Waals surface area contributed by atoms with E-state index >= 15 is 0 Å². The van der Waals surface area contributed by atoms with Crippen LogP contribution in [0.15, 0.2) is 0 Å². The molecule has 6 heteroatoms. The van der Waals surface area contributed by atoms with Crippen molar-refractivity contribution < 1.29 is 14.7 Å². The smallest absolute Gasteiger partial charge is 0.303 e. The first-order chi connectivity index (χ1) is 8.97. The molecule has 1 aliphatic rings. The minimum absolute atomic E-state index is 0.0388. The minimum Gasteiger partial charge on any atom is -0.481 e. The number of amides is 1. The molecule has 5 nitrogen and oxygen atoms in total. The van der Waals surface area contributed by atoms with Crippen molar-refractivity contribution in [3.8, 4) is 0 Å². The zero-order valence-corrected chi connectivity index (χ0v) is 12.0. The van der Waals surface area contributed by atoms with E-state index in [4.69, 9.17) is 5.11 Å². The first-order valence-electron chi connectivity index (χ1n) is 6.42. The zero-order chi connectivity index (χ0) is 14.0. The lowest BCUT2D eigenvalue weighted by Crippen LogP contribution is -2.38. The summed E-state index contributed by atoms with van der Waals surface area (Å²) >= 11 is 1.43. The molecule has 0 aromatic carbocycles. The van der Waals surface area contributed by atoms with Crippen LogP contribution in [0, 0.1) is 19.8 Å². The largest absolute Gasteiger partial charge is 0.481 e. The van der Waals surface area contributed by atoms with Gasteiger partial charge in [-0.3, -0.25) is 9.59 Å². The molecule has 0 saturated carbocycles. The average molecular weight is 282 g/mol. The molecule has 0 unspecified atom stereocenters. The van der Waals surface area contributed by atoms with Crippen LogP contribution in [0.2, 0.25) is 0 Å². The van der Waals surface area contributed by atoms with Crippen LogP contribution in [0.3, 0.4) is 0 Å². The first-order valence-corrected chi connectivity index (χ1v) is 7.24.